The highest BCUT2D eigenvalue weighted by Crippen LogP contribution is 2.30. The molecule has 0 amide bonds. The molecule has 0 radical (unpaired) electrons. The van der Waals surface area contributed by atoms with Gasteiger partial charge in [0.25, 0.3) is 0 Å². The van der Waals surface area contributed by atoms with Gasteiger partial charge in [-0.25, -0.2) is 26.3 Å². The SMILES string of the molecule is O=C(CCC(=O)Oc1c(F)c(F)c(F)c(F)c1F)OC/C=C\COC(=O)CCC(=O)Oc1c(F)c(F)c(F)c(F)c1F. The summed E-state index contributed by atoms with van der Waals surface area (Å²) in [5.41, 5.74) is 0. The molecule has 0 fully saturated rings. The van der Waals surface area contributed by atoms with Crippen molar-refractivity contribution in [3.05, 3.63) is 70.3 Å². The number of rotatable bonds is 12. The summed E-state index contributed by atoms with van der Waals surface area (Å²) in [7, 11) is 0. The molecule has 42 heavy (non-hydrogen) atoms. The molecule has 18 heteroatoms. The molecule has 228 valence electrons. The first kappa shape index (κ1) is 33.6. The minimum absolute atomic E-state index is 0.447. The van der Waals surface area contributed by atoms with Gasteiger partial charge in [0.05, 0.1) is 25.7 Å². The minimum atomic E-state index is -2.47. The van der Waals surface area contributed by atoms with Crippen LogP contribution in [0.5, 0.6) is 11.5 Å². The van der Waals surface area contributed by atoms with Crippen LogP contribution in [0.2, 0.25) is 0 Å². The van der Waals surface area contributed by atoms with Gasteiger partial charge in [-0.3, -0.25) is 19.2 Å². The van der Waals surface area contributed by atoms with Crippen molar-refractivity contribution in [1.29, 1.82) is 0 Å². The zero-order chi connectivity index (χ0) is 31.7. The number of hydrogen-bond donors (Lipinski definition) is 0. The smallest absolute Gasteiger partial charge is 0.311 e. The highest BCUT2D eigenvalue weighted by Gasteiger charge is 2.30. The summed E-state index contributed by atoms with van der Waals surface area (Å²) < 4.78 is 150. The molecule has 0 heterocycles. The average molecular weight is 620 g/mol. The molecule has 0 spiro atoms. The highest BCUT2D eigenvalue weighted by atomic mass is 19.2. The number of benzene rings is 2. The van der Waals surface area contributed by atoms with Crippen molar-refractivity contribution >= 4 is 23.9 Å². The fourth-order valence-electron chi connectivity index (χ4n) is 2.65. The van der Waals surface area contributed by atoms with Crippen LogP contribution in [0.4, 0.5) is 43.9 Å². The molecular weight excluding hydrogens is 606 g/mol. The Morgan fingerprint density at radius 2 is 0.643 bits per heavy atom. The molecule has 2 rings (SSSR count). The second-order valence-electron chi connectivity index (χ2n) is 7.58. The molecule has 0 aromatic heterocycles. The van der Waals surface area contributed by atoms with Gasteiger partial charge in [-0.05, 0) is 12.2 Å². The van der Waals surface area contributed by atoms with E-state index >= 15 is 0 Å². The number of carbonyl (C=O) groups excluding carboxylic acids is 4. The second kappa shape index (κ2) is 14.8. The lowest BCUT2D eigenvalue weighted by molar-refractivity contribution is -0.146. The maximum atomic E-state index is 13.5. The Hall–Kier alpha value is -4.64. The average Bonchev–Trinajstić information content (AvgIpc) is 2.96. The van der Waals surface area contributed by atoms with Crippen molar-refractivity contribution in [1.82, 2.24) is 0 Å². The molecule has 0 aliphatic rings. The maximum Gasteiger partial charge on any atom is 0.311 e. The van der Waals surface area contributed by atoms with E-state index in [2.05, 4.69) is 18.9 Å². The van der Waals surface area contributed by atoms with E-state index in [1.807, 2.05) is 0 Å². The number of hydrogen-bond acceptors (Lipinski definition) is 8. The Morgan fingerprint density at radius 1 is 0.405 bits per heavy atom. The van der Waals surface area contributed by atoms with Crippen molar-refractivity contribution in [3.63, 3.8) is 0 Å². The molecular formula is C24H14F10O8. The van der Waals surface area contributed by atoms with E-state index in [0.717, 1.165) is 12.2 Å². The van der Waals surface area contributed by atoms with E-state index < -0.39 is 132 Å². The Balaban J connectivity index is 1.67. The molecule has 0 bridgehead atoms. The molecule has 0 saturated heterocycles. The zero-order valence-corrected chi connectivity index (χ0v) is 20.4. The summed E-state index contributed by atoms with van der Waals surface area (Å²) in [6, 6.07) is 0. The van der Waals surface area contributed by atoms with Crippen molar-refractivity contribution in [2.24, 2.45) is 0 Å². The summed E-state index contributed by atoms with van der Waals surface area (Å²) in [5.74, 6) is -32.7. The molecule has 0 aliphatic carbocycles. The lowest BCUT2D eigenvalue weighted by Gasteiger charge is -2.08. The first-order chi connectivity index (χ1) is 19.7. The van der Waals surface area contributed by atoms with Gasteiger partial charge < -0.3 is 18.9 Å². The van der Waals surface area contributed by atoms with E-state index in [1.165, 1.54) is 0 Å². The molecule has 0 unspecified atom stereocenters. The third-order valence-corrected chi connectivity index (χ3v) is 4.69. The fourth-order valence-corrected chi connectivity index (χ4v) is 2.65. The van der Waals surface area contributed by atoms with Crippen LogP contribution in [0, 0.1) is 58.2 Å². The quantitative estimate of drug-likeness (QED) is 0.0834. The van der Waals surface area contributed by atoms with Gasteiger partial charge >= 0.3 is 23.9 Å². The number of esters is 4. The minimum Gasteiger partial charge on any atom is -0.461 e. The molecule has 2 aromatic rings. The van der Waals surface area contributed by atoms with Crippen LogP contribution < -0.4 is 9.47 Å². The van der Waals surface area contributed by atoms with Crippen LogP contribution in [0.1, 0.15) is 25.7 Å². The first-order valence-corrected chi connectivity index (χ1v) is 11.1. The molecule has 0 N–H and O–H groups in total. The standard InChI is InChI=1S/C24H14F10O8/c25-13-15(27)19(31)23(20(32)16(13)28)41-11(37)5-3-9(35)39-7-1-2-8-40-10(36)4-6-12(38)42-24-21(33)17(29)14(26)18(30)22(24)34/h1-2H,3-8H2/b2-1-. The molecule has 0 aliphatic heterocycles. The predicted molar refractivity (Wildman–Crippen MR) is 113 cm³/mol. The van der Waals surface area contributed by atoms with E-state index in [0.29, 0.717) is 0 Å². The van der Waals surface area contributed by atoms with E-state index in [-0.39, 0.29) is 0 Å². The topological polar surface area (TPSA) is 105 Å². The van der Waals surface area contributed by atoms with E-state index in [4.69, 9.17) is 0 Å². The lowest BCUT2D eigenvalue weighted by Crippen LogP contribution is -2.16. The summed E-state index contributed by atoms with van der Waals surface area (Å²) in [6.45, 7) is -0.894. The van der Waals surface area contributed by atoms with Crippen LogP contribution in [0.15, 0.2) is 12.2 Å². The van der Waals surface area contributed by atoms with Crippen molar-refractivity contribution in [3.8, 4) is 11.5 Å². The van der Waals surface area contributed by atoms with E-state index in [1.54, 1.807) is 0 Å². The fraction of sp³-hybridized carbons (Fsp3) is 0.250. The zero-order valence-electron chi connectivity index (χ0n) is 20.4. The largest absolute Gasteiger partial charge is 0.461 e. The summed E-state index contributed by atoms with van der Waals surface area (Å²) in [6.07, 6.45) is -0.916. The second-order valence-corrected chi connectivity index (χ2v) is 7.58. The third-order valence-electron chi connectivity index (χ3n) is 4.69. The molecule has 2 aromatic carbocycles. The Labute approximate surface area is 227 Å². The van der Waals surface area contributed by atoms with Gasteiger partial charge in [0.15, 0.2) is 0 Å². The van der Waals surface area contributed by atoms with Gasteiger partial charge in [-0.1, -0.05) is 0 Å². The predicted octanol–water partition coefficient (Wildman–Crippen LogP) is 4.79. The molecule has 8 nitrogen and oxygen atoms in total. The van der Waals surface area contributed by atoms with E-state index in [9.17, 15) is 63.1 Å². The lowest BCUT2D eigenvalue weighted by atomic mass is 10.2. The number of halogens is 10. The maximum absolute atomic E-state index is 13.5. The van der Waals surface area contributed by atoms with Crippen LogP contribution in [-0.4, -0.2) is 37.1 Å². The summed E-state index contributed by atoms with van der Waals surface area (Å²) >= 11 is 0. The van der Waals surface area contributed by atoms with Crippen LogP contribution in [0.25, 0.3) is 0 Å². The summed E-state index contributed by atoms with van der Waals surface area (Å²) in [5, 5.41) is 0. The van der Waals surface area contributed by atoms with Gasteiger partial charge in [-0.2, -0.15) is 17.6 Å². The van der Waals surface area contributed by atoms with Crippen molar-refractivity contribution in [2.75, 3.05) is 13.2 Å². The van der Waals surface area contributed by atoms with Gasteiger partial charge in [0.1, 0.15) is 13.2 Å². The number of ether oxygens (including phenoxy) is 4. The van der Waals surface area contributed by atoms with Gasteiger partial charge in [0, 0.05) is 0 Å². The van der Waals surface area contributed by atoms with Gasteiger partial charge in [-0.15, -0.1) is 0 Å². The Morgan fingerprint density at radius 3 is 0.929 bits per heavy atom. The molecule has 0 saturated carbocycles. The first-order valence-electron chi connectivity index (χ1n) is 11.1. The third kappa shape index (κ3) is 8.43. The van der Waals surface area contributed by atoms with Gasteiger partial charge in [0.2, 0.25) is 69.7 Å². The van der Waals surface area contributed by atoms with Crippen molar-refractivity contribution in [2.45, 2.75) is 25.7 Å². The Kier molecular flexibility index (Phi) is 11.9. The summed E-state index contributed by atoms with van der Waals surface area (Å²) in [4.78, 5) is 46.4. The number of carbonyl (C=O) groups is 4. The Bertz CT molecular complexity index is 1260. The van der Waals surface area contributed by atoms with Crippen LogP contribution >= 0.6 is 0 Å². The van der Waals surface area contributed by atoms with Crippen molar-refractivity contribution < 1.29 is 82.0 Å². The normalized spacial score (nSPS) is 11.0. The van der Waals surface area contributed by atoms with Crippen LogP contribution in [-0.2, 0) is 28.7 Å². The monoisotopic (exact) mass is 620 g/mol. The highest BCUT2D eigenvalue weighted by molar-refractivity contribution is 5.79. The molecule has 0 atom stereocenters. The van der Waals surface area contributed by atoms with Crippen LogP contribution in [0.3, 0.4) is 0 Å².